The second-order valence-corrected chi connectivity index (χ2v) is 4.46. The molecule has 1 aromatic carbocycles. The minimum Gasteiger partial charge on any atom is -0.480 e. The maximum atomic E-state index is 12.5. The van der Waals surface area contributed by atoms with Crippen LogP contribution in [0.1, 0.15) is 29.8 Å². The van der Waals surface area contributed by atoms with Crippen LogP contribution in [0.25, 0.3) is 0 Å². The first kappa shape index (κ1) is 15.0. The maximum Gasteiger partial charge on any atom is 0.416 e. The Hall–Kier alpha value is -2.05. The van der Waals surface area contributed by atoms with E-state index in [4.69, 9.17) is 5.11 Å². The van der Waals surface area contributed by atoms with Gasteiger partial charge >= 0.3 is 12.1 Å². The van der Waals surface area contributed by atoms with Crippen molar-refractivity contribution in [3.8, 4) is 0 Å². The molecule has 0 aliphatic rings. The fourth-order valence-corrected chi connectivity index (χ4v) is 1.25. The Morgan fingerprint density at radius 1 is 1.21 bits per heavy atom. The van der Waals surface area contributed by atoms with E-state index in [-0.39, 0.29) is 5.56 Å². The maximum absolute atomic E-state index is 12.5. The molecule has 1 aromatic rings. The van der Waals surface area contributed by atoms with Gasteiger partial charge in [0.15, 0.2) is 0 Å². The molecule has 0 saturated carbocycles. The predicted molar refractivity (Wildman–Crippen MR) is 60.6 cm³/mol. The molecule has 0 atom stereocenters. The Morgan fingerprint density at radius 2 is 1.79 bits per heavy atom. The third-order valence-electron chi connectivity index (χ3n) is 2.41. The summed E-state index contributed by atoms with van der Waals surface area (Å²) in [6.07, 6.45) is -4.56. The van der Waals surface area contributed by atoms with Gasteiger partial charge in [-0.15, -0.1) is 0 Å². The molecule has 7 heteroatoms. The third kappa shape index (κ3) is 3.70. The number of carbonyl (C=O) groups is 2. The lowest BCUT2D eigenvalue weighted by atomic mass is 10.0. The average Bonchev–Trinajstić information content (AvgIpc) is 2.27. The van der Waals surface area contributed by atoms with Gasteiger partial charge in [0.05, 0.1) is 5.56 Å². The summed E-state index contributed by atoms with van der Waals surface area (Å²) >= 11 is 0. The van der Waals surface area contributed by atoms with Crippen LogP contribution in [-0.2, 0) is 11.0 Å². The molecule has 0 unspecified atom stereocenters. The van der Waals surface area contributed by atoms with Crippen LogP contribution in [0, 0.1) is 0 Å². The number of carbonyl (C=O) groups excluding carboxylic acids is 1. The summed E-state index contributed by atoms with van der Waals surface area (Å²) in [5, 5.41) is 11.0. The van der Waals surface area contributed by atoms with E-state index in [0.717, 1.165) is 12.1 Å². The van der Waals surface area contributed by atoms with Crippen molar-refractivity contribution in [1.29, 1.82) is 0 Å². The Kier molecular flexibility index (Phi) is 3.88. The van der Waals surface area contributed by atoms with Crippen molar-refractivity contribution >= 4 is 11.9 Å². The van der Waals surface area contributed by atoms with Gasteiger partial charge in [0.2, 0.25) is 0 Å². The SMILES string of the molecule is CC(C)(NC(=O)c1cccc(C(F)(F)F)c1)C(=O)O. The first-order chi connectivity index (χ1) is 8.54. The zero-order valence-corrected chi connectivity index (χ0v) is 10.2. The van der Waals surface area contributed by atoms with Crippen LogP contribution in [0.5, 0.6) is 0 Å². The van der Waals surface area contributed by atoms with E-state index in [1.807, 2.05) is 0 Å². The van der Waals surface area contributed by atoms with Crippen LogP contribution < -0.4 is 5.32 Å². The summed E-state index contributed by atoms with van der Waals surface area (Å²) < 4.78 is 37.4. The lowest BCUT2D eigenvalue weighted by Crippen LogP contribution is -2.49. The molecule has 0 heterocycles. The lowest BCUT2D eigenvalue weighted by molar-refractivity contribution is -0.143. The molecule has 4 nitrogen and oxygen atoms in total. The number of alkyl halides is 3. The van der Waals surface area contributed by atoms with E-state index >= 15 is 0 Å². The number of nitrogens with one attached hydrogen (secondary N) is 1. The van der Waals surface area contributed by atoms with Crippen LogP contribution >= 0.6 is 0 Å². The number of aliphatic carboxylic acids is 1. The molecule has 1 rings (SSSR count). The van der Waals surface area contributed by atoms with Crippen molar-refractivity contribution in [3.05, 3.63) is 35.4 Å². The monoisotopic (exact) mass is 275 g/mol. The topological polar surface area (TPSA) is 66.4 Å². The Labute approximate surface area is 107 Å². The highest BCUT2D eigenvalue weighted by atomic mass is 19.4. The van der Waals surface area contributed by atoms with Crippen LogP contribution in [-0.4, -0.2) is 22.5 Å². The van der Waals surface area contributed by atoms with Crippen molar-refractivity contribution in [2.24, 2.45) is 0 Å². The second kappa shape index (κ2) is 4.91. The van der Waals surface area contributed by atoms with E-state index in [2.05, 4.69) is 5.32 Å². The minimum atomic E-state index is -4.56. The van der Waals surface area contributed by atoms with Gasteiger partial charge in [-0.1, -0.05) is 6.07 Å². The molecule has 104 valence electrons. The zero-order chi connectivity index (χ0) is 14.8. The Morgan fingerprint density at radius 3 is 2.26 bits per heavy atom. The van der Waals surface area contributed by atoms with Gasteiger partial charge in [0.1, 0.15) is 5.54 Å². The van der Waals surface area contributed by atoms with Gasteiger partial charge in [-0.05, 0) is 32.0 Å². The minimum absolute atomic E-state index is 0.246. The molecule has 19 heavy (non-hydrogen) atoms. The van der Waals surface area contributed by atoms with Crippen molar-refractivity contribution in [2.75, 3.05) is 0 Å². The van der Waals surface area contributed by atoms with Crippen LogP contribution in [0.3, 0.4) is 0 Å². The first-order valence-corrected chi connectivity index (χ1v) is 5.27. The summed E-state index contributed by atoms with van der Waals surface area (Å²) in [6.45, 7) is 2.47. The van der Waals surface area contributed by atoms with Crippen LogP contribution in [0.4, 0.5) is 13.2 Å². The van der Waals surface area contributed by atoms with Crippen molar-refractivity contribution < 1.29 is 27.9 Å². The normalized spacial score (nSPS) is 12.1. The van der Waals surface area contributed by atoms with Gasteiger partial charge < -0.3 is 10.4 Å². The van der Waals surface area contributed by atoms with Gasteiger partial charge in [0.25, 0.3) is 5.91 Å². The van der Waals surface area contributed by atoms with Gasteiger partial charge in [-0.3, -0.25) is 4.79 Å². The fraction of sp³-hybridized carbons (Fsp3) is 0.333. The summed E-state index contributed by atoms with van der Waals surface area (Å²) in [6, 6.07) is 3.78. The zero-order valence-electron chi connectivity index (χ0n) is 10.2. The largest absolute Gasteiger partial charge is 0.480 e. The van der Waals surface area contributed by atoms with Gasteiger partial charge in [-0.2, -0.15) is 13.2 Å². The summed E-state index contributed by atoms with van der Waals surface area (Å²) in [5.74, 6) is -2.16. The summed E-state index contributed by atoms with van der Waals surface area (Å²) in [7, 11) is 0. The van der Waals surface area contributed by atoms with E-state index in [9.17, 15) is 22.8 Å². The van der Waals surface area contributed by atoms with Gasteiger partial charge in [0, 0.05) is 5.56 Å². The lowest BCUT2D eigenvalue weighted by Gasteiger charge is -2.21. The average molecular weight is 275 g/mol. The third-order valence-corrected chi connectivity index (χ3v) is 2.41. The summed E-state index contributed by atoms with van der Waals surface area (Å²) in [4.78, 5) is 22.5. The number of rotatable bonds is 3. The molecule has 0 aliphatic carbocycles. The molecule has 1 amide bonds. The van der Waals surface area contributed by atoms with Crippen molar-refractivity contribution in [1.82, 2.24) is 5.32 Å². The molecule has 0 aliphatic heterocycles. The van der Waals surface area contributed by atoms with Gasteiger partial charge in [-0.25, -0.2) is 4.79 Å². The molecule has 0 radical (unpaired) electrons. The van der Waals surface area contributed by atoms with E-state index in [1.54, 1.807) is 0 Å². The molecule has 0 bridgehead atoms. The molecule has 0 saturated heterocycles. The highest BCUT2D eigenvalue weighted by Gasteiger charge is 2.32. The molecular formula is C12H12F3NO3. The van der Waals surface area contributed by atoms with E-state index < -0.39 is 29.2 Å². The number of carboxylic acid groups (broad SMARTS) is 1. The quantitative estimate of drug-likeness (QED) is 0.889. The number of carboxylic acids is 1. The molecule has 0 fully saturated rings. The van der Waals surface area contributed by atoms with Crippen LogP contribution in [0.2, 0.25) is 0 Å². The highest BCUT2D eigenvalue weighted by Crippen LogP contribution is 2.29. The number of hydrogen-bond donors (Lipinski definition) is 2. The van der Waals surface area contributed by atoms with E-state index in [1.165, 1.54) is 19.9 Å². The number of benzene rings is 1. The number of halogens is 3. The summed E-state index contributed by atoms with van der Waals surface area (Å²) in [5.41, 5.74) is -2.77. The highest BCUT2D eigenvalue weighted by molar-refractivity contribution is 5.97. The Bertz CT molecular complexity index is 509. The molecule has 0 spiro atoms. The Balaban J connectivity index is 2.99. The number of amides is 1. The number of hydrogen-bond acceptors (Lipinski definition) is 2. The van der Waals surface area contributed by atoms with Crippen LogP contribution in [0.15, 0.2) is 24.3 Å². The standard InChI is InChI=1S/C12H12F3NO3/c1-11(2,10(18)19)16-9(17)7-4-3-5-8(6-7)12(13,14)15/h3-6H,1-2H3,(H,16,17)(H,18,19). The predicted octanol–water partition coefficient (Wildman–Crippen LogP) is 2.30. The second-order valence-electron chi connectivity index (χ2n) is 4.46. The fourth-order valence-electron chi connectivity index (χ4n) is 1.25. The molecular weight excluding hydrogens is 263 g/mol. The smallest absolute Gasteiger partial charge is 0.416 e. The van der Waals surface area contributed by atoms with Crippen molar-refractivity contribution in [2.45, 2.75) is 25.6 Å². The molecule has 0 aromatic heterocycles. The molecule has 2 N–H and O–H groups in total. The first-order valence-electron chi connectivity index (χ1n) is 5.27. The van der Waals surface area contributed by atoms with Crippen molar-refractivity contribution in [3.63, 3.8) is 0 Å². The van der Waals surface area contributed by atoms with E-state index in [0.29, 0.717) is 6.07 Å².